The molecule has 2 atom stereocenters. The maximum atomic E-state index is 11.4. The van der Waals surface area contributed by atoms with Gasteiger partial charge in [-0.2, -0.15) is 4.80 Å². The Morgan fingerprint density at radius 3 is 2.82 bits per heavy atom. The molecule has 1 aromatic heterocycles. The molecule has 1 aliphatic heterocycles. The molecule has 0 aromatic carbocycles. The molecule has 0 saturated carbocycles. The van der Waals surface area contributed by atoms with Crippen molar-refractivity contribution in [2.45, 2.75) is 12.8 Å². The fourth-order valence-corrected chi connectivity index (χ4v) is 4.14. The minimum Gasteiger partial charge on any atom is -0.396 e. The Morgan fingerprint density at radius 2 is 2.35 bits per heavy atom. The summed E-state index contributed by atoms with van der Waals surface area (Å²) in [5, 5.41) is 21.0. The van der Waals surface area contributed by atoms with Crippen LogP contribution in [0.4, 0.5) is 0 Å². The Hall–Kier alpha value is -1.02. The van der Waals surface area contributed by atoms with Crippen molar-refractivity contribution in [1.29, 1.82) is 0 Å². The summed E-state index contributed by atoms with van der Waals surface area (Å²) in [6.07, 6.45) is 1.10. The third-order valence-corrected chi connectivity index (χ3v) is 4.96. The lowest BCUT2D eigenvalue weighted by Gasteiger charge is -2.18. The highest BCUT2D eigenvalue weighted by molar-refractivity contribution is 7.91. The van der Waals surface area contributed by atoms with Crippen LogP contribution in [0.2, 0.25) is 0 Å². The molecule has 0 amide bonds. The smallest absolute Gasteiger partial charge is 0.175 e. The Balaban J connectivity index is 2.02. The lowest BCUT2D eigenvalue weighted by molar-refractivity contribution is 0.182. The van der Waals surface area contributed by atoms with E-state index in [0.29, 0.717) is 18.7 Å². The van der Waals surface area contributed by atoms with Crippen LogP contribution in [0.3, 0.4) is 0 Å². The van der Waals surface area contributed by atoms with Crippen molar-refractivity contribution in [1.82, 2.24) is 20.2 Å². The summed E-state index contributed by atoms with van der Waals surface area (Å²) in [5.74, 6) is 0.849. The molecule has 1 fully saturated rings. The van der Waals surface area contributed by atoms with E-state index in [1.807, 2.05) is 0 Å². The summed E-state index contributed by atoms with van der Waals surface area (Å²) in [6, 6.07) is 0. The van der Waals surface area contributed by atoms with E-state index < -0.39 is 9.84 Å². The van der Waals surface area contributed by atoms with Crippen LogP contribution in [0.5, 0.6) is 0 Å². The number of aliphatic hydroxyl groups excluding tert-OH is 1. The quantitative estimate of drug-likeness (QED) is 0.730. The van der Waals surface area contributed by atoms with Crippen LogP contribution in [0.25, 0.3) is 0 Å². The minimum absolute atomic E-state index is 0.00815. The van der Waals surface area contributed by atoms with Crippen LogP contribution in [-0.2, 0) is 23.3 Å². The molecule has 0 radical (unpaired) electrons. The van der Waals surface area contributed by atoms with E-state index in [4.69, 9.17) is 0 Å². The van der Waals surface area contributed by atoms with Crippen molar-refractivity contribution in [2.24, 2.45) is 18.9 Å². The van der Waals surface area contributed by atoms with Gasteiger partial charge in [0.15, 0.2) is 15.7 Å². The summed E-state index contributed by atoms with van der Waals surface area (Å²) in [4.78, 5) is 1.36. The number of sulfone groups is 1. The molecule has 1 aliphatic rings. The number of tetrazole rings is 1. The molecule has 17 heavy (non-hydrogen) atoms. The zero-order valence-electron chi connectivity index (χ0n) is 9.65. The SMILES string of the molecule is Cn1nnc(CC(CO)C2CCS(=O)(=O)C2)n1. The van der Waals surface area contributed by atoms with Gasteiger partial charge in [0.1, 0.15) is 0 Å². The fraction of sp³-hybridized carbons (Fsp3) is 0.889. The summed E-state index contributed by atoms with van der Waals surface area (Å²) >= 11 is 0. The van der Waals surface area contributed by atoms with Crippen molar-refractivity contribution >= 4 is 9.84 Å². The molecule has 2 unspecified atom stereocenters. The molecule has 1 aromatic rings. The lowest BCUT2D eigenvalue weighted by Crippen LogP contribution is -2.22. The van der Waals surface area contributed by atoms with E-state index in [1.54, 1.807) is 7.05 Å². The zero-order valence-corrected chi connectivity index (χ0v) is 10.5. The standard InChI is InChI=1S/C9H16N4O3S/c1-13-11-9(10-12-13)4-8(5-14)7-2-3-17(15,16)6-7/h7-8,14H,2-6H2,1H3. The predicted molar refractivity (Wildman–Crippen MR) is 59.8 cm³/mol. The number of rotatable bonds is 4. The minimum atomic E-state index is -2.91. The first kappa shape index (κ1) is 12.4. The molecule has 2 rings (SSSR count). The van der Waals surface area contributed by atoms with Gasteiger partial charge in [0.25, 0.3) is 0 Å². The van der Waals surface area contributed by atoms with Crippen molar-refractivity contribution < 1.29 is 13.5 Å². The van der Waals surface area contributed by atoms with Gasteiger partial charge in [0, 0.05) is 13.0 Å². The summed E-state index contributed by atoms with van der Waals surface area (Å²) in [7, 11) is -1.24. The molecule has 0 spiro atoms. The maximum absolute atomic E-state index is 11.4. The van der Waals surface area contributed by atoms with Gasteiger partial charge >= 0.3 is 0 Å². The monoisotopic (exact) mass is 260 g/mol. The molecule has 2 heterocycles. The number of aryl methyl sites for hydroxylation is 1. The first-order chi connectivity index (χ1) is 8.00. The van der Waals surface area contributed by atoms with E-state index in [9.17, 15) is 13.5 Å². The Morgan fingerprint density at radius 1 is 1.59 bits per heavy atom. The van der Waals surface area contributed by atoms with Crippen LogP contribution in [-0.4, -0.2) is 51.8 Å². The summed E-state index contributed by atoms with van der Waals surface area (Å²) in [5.41, 5.74) is 0. The number of nitrogens with zero attached hydrogens (tertiary/aromatic N) is 4. The van der Waals surface area contributed by atoms with Gasteiger partial charge < -0.3 is 5.11 Å². The molecule has 96 valence electrons. The summed E-state index contributed by atoms with van der Waals surface area (Å²) in [6.45, 7) is -0.0432. The topological polar surface area (TPSA) is 98.0 Å². The lowest BCUT2D eigenvalue weighted by atomic mass is 9.89. The molecule has 0 bridgehead atoms. The second-order valence-corrected chi connectivity index (χ2v) is 6.73. The Kier molecular flexibility index (Phi) is 3.43. The third kappa shape index (κ3) is 3.01. The van der Waals surface area contributed by atoms with Gasteiger partial charge in [-0.15, -0.1) is 10.2 Å². The molecule has 1 N–H and O–H groups in total. The highest BCUT2D eigenvalue weighted by Crippen LogP contribution is 2.27. The van der Waals surface area contributed by atoms with Gasteiger partial charge in [0.2, 0.25) is 0 Å². The summed E-state index contributed by atoms with van der Waals surface area (Å²) < 4.78 is 22.8. The van der Waals surface area contributed by atoms with E-state index in [1.165, 1.54) is 4.80 Å². The van der Waals surface area contributed by atoms with E-state index >= 15 is 0 Å². The number of aromatic nitrogens is 4. The number of hydrogen-bond acceptors (Lipinski definition) is 6. The van der Waals surface area contributed by atoms with Gasteiger partial charge in [-0.25, -0.2) is 8.42 Å². The van der Waals surface area contributed by atoms with Gasteiger partial charge in [-0.1, -0.05) is 0 Å². The molecule has 7 nitrogen and oxygen atoms in total. The third-order valence-electron chi connectivity index (χ3n) is 3.16. The van der Waals surface area contributed by atoms with Crippen LogP contribution < -0.4 is 0 Å². The molecule has 8 heteroatoms. The maximum Gasteiger partial charge on any atom is 0.175 e. The molecule has 0 aliphatic carbocycles. The number of hydrogen-bond donors (Lipinski definition) is 1. The fourth-order valence-electron chi connectivity index (χ4n) is 2.22. The van der Waals surface area contributed by atoms with Crippen molar-refractivity contribution in [3.05, 3.63) is 5.82 Å². The highest BCUT2D eigenvalue weighted by Gasteiger charge is 2.33. The largest absolute Gasteiger partial charge is 0.396 e. The average Bonchev–Trinajstić information content (AvgIpc) is 2.81. The molecule has 1 saturated heterocycles. The average molecular weight is 260 g/mol. The van der Waals surface area contributed by atoms with Crippen molar-refractivity contribution in [3.63, 3.8) is 0 Å². The predicted octanol–water partition coefficient (Wildman–Crippen LogP) is -1.20. The van der Waals surface area contributed by atoms with Gasteiger partial charge in [0.05, 0.1) is 18.6 Å². The van der Waals surface area contributed by atoms with Gasteiger partial charge in [-0.3, -0.25) is 0 Å². The van der Waals surface area contributed by atoms with E-state index in [0.717, 1.165) is 0 Å². The van der Waals surface area contributed by atoms with Crippen molar-refractivity contribution in [2.75, 3.05) is 18.1 Å². The molecular weight excluding hydrogens is 244 g/mol. The van der Waals surface area contributed by atoms with Crippen LogP contribution in [0, 0.1) is 11.8 Å². The van der Waals surface area contributed by atoms with E-state index in [-0.39, 0.29) is 29.9 Å². The first-order valence-corrected chi connectivity index (χ1v) is 7.36. The second kappa shape index (κ2) is 4.69. The van der Waals surface area contributed by atoms with Gasteiger partial charge in [-0.05, 0) is 23.5 Å². The van der Waals surface area contributed by atoms with E-state index in [2.05, 4.69) is 15.4 Å². The van der Waals surface area contributed by atoms with Crippen LogP contribution >= 0.6 is 0 Å². The van der Waals surface area contributed by atoms with Crippen LogP contribution in [0.15, 0.2) is 0 Å². The number of aliphatic hydroxyl groups is 1. The Labute approximate surface area is 99.7 Å². The second-order valence-electron chi connectivity index (χ2n) is 4.51. The zero-order chi connectivity index (χ0) is 12.5. The first-order valence-electron chi connectivity index (χ1n) is 5.54. The normalized spacial score (nSPS) is 24.9. The Bertz CT molecular complexity index is 484. The molecular formula is C9H16N4O3S. The van der Waals surface area contributed by atoms with Crippen LogP contribution in [0.1, 0.15) is 12.2 Å². The highest BCUT2D eigenvalue weighted by atomic mass is 32.2. The van der Waals surface area contributed by atoms with Crippen molar-refractivity contribution in [3.8, 4) is 0 Å².